The van der Waals surface area contributed by atoms with Crippen LogP contribution in [0.2, 0.25) is 0 Å². The summed E-state index contributed by atoms with van der Waals surface area (Å²) >= 11 is 0. The summed E-state index contributed by atoms with van der Waals surface area (Å²) in [7, 11) is 1.39. The van der Waals surface area contributed by atoms with E-state index in [2.05, 4.69) is 4.74 Å². The highest BCUT2D eigenvalue weighted by Crippen LogP contribution is 2.17. The Kier molecular flexibility index (Phi) is 4.51. The van der Waals surface area contributed by atoms with E-state index in [1.54, 1.807) is 0 Å². The Labute approximate surface area is 102 Å². The van der Waals surface area contributed by atoms with Crippen molar-refractivity contribution in [2.45, 2.75) is 32.8 Å². The Morgan fingerprint density at radius 1 is 1.35 bits per heavy atom. The molecular formula is C12H21NO4. The van der Waals surface area contributed by atoms with Crippen molar-refractivity contribution >= 4 is 11.9 Å². The van der Waals surface area contributed by atoms with Crippen LogP contribution in [0, 0.1) is 5.92 Å². The van der Waals surface area contributed by atoms with Gasteiger partial charge in [0.05, 0.1) is 19.6 Å². The Balaban J connectivity index is 2.35. The standard InChI is InChI=1S/C12H21NO4/c1-12(2,3)17-10(14)8-13-6-5-9(7-13)11(15)16-4/h9H,5-8H2,1-4H3/t9-/m0/s1. The second-order valence-electron chi connectivity index (χ2n) is 5.33. The summed E-state index contributed by atoms with van der Waals surface area (Å²) in [6, 6.07) is 0. The molecule has 1 fully saturated rings. The lowest BCUT2D eigenvalue weighted by molar-refractivity contribution is -0.156. The van der Waals surface area contributed by atoms with E-state index in [4.69, 9.17) is 4.74 Å². The summed E-state index contributed by atoms with van der Waals surface area (Å²) in [4.78, 5) is 24.8. The van der Waals surface area contributed by atoms with Crippen LogP contribution in [0.3, 0.4) is 0 Å². The Bertz CT molecular complexity index is 295. The molecule has 1 aliphatic heterocycles. The molecule has 0 aromatic rings. The lowest BCUT2D eigenvalue weighted by atomic mass is 10.1. The van der Waals surface area contributed by atoms with Crippen LogP contribution >= 0.6 is 0 Å². The molecule has 5 heteroatoms. The van der Waals surface area contributed by atoms with Crippen LogP contribution in [-0.4, -0.2) is 49.2 Å². The molecule has 1 rings (SSSR count). The van der Waals surface area contributed by atoms with Crippen LogP contribution in [0.4, 0.5) is 0 Å². The molecule has 5 nitrogen and oxygen atoms in total. The van der Waals surface area contributed by atoms with Crippen LogP contribution in [0.15, 0.2) is 0 Å². The zero-order chi connectivity index (χ0) is 13.1. The van der Waals surface area contributed by atoms with Crippen molar-refractivity contribution in [3.63, 3.8) is 0 Å². The van der Waals surface area contributed by atoms with Crippen LogP contribution < -0.4 is 0 Å². The van der Waals surface area contributed by atoms with E-state index in [1.165, 1.54) is 7.11 Å². The number of hydrogen-bond acceptors (Lipinski definition) is 5. The van der Waals surface area contributed by atoms with E-state index in [0.29, 0.717) is 6.54 Å². The van der Waals surface area contributed by atoms with Crippen molar-refractivity contribution < 1.29 is 19.1 Å². The first-order chi connectivity index (χ1) is 7.81. The molecule has 0 saturated carbocycles. The number of methoxy groups -OCH3 is 1. The maximum atomic E-state index is 11.6. The van der Waals surface area contributed by atoms with E-state index in [1.807, 2.05) is 25.7 Å². The molecule has 0 amide bonds. The van der Waals surface area contributed by atoms with Gasteiger partial charge in [0.25, 0.3) is 0 Å². The molecule has 0 aliphatic carbocycles. The molecule has 1 atom stereocenters. The van der Waals surface area contributed by atoms with Crippen molar-refractivity contribution in [3.05, 3.63) is 0 Å². The maximum absolute atomic E-state index is 11.6. The number of hydrogen-bond donors (Lipinski definition) is 0. The molecule has 17 heavy (non-hydrogen) atoms. The number of carbonyl (C=O) groups is 2. The lowest BCUT2D eigenvalue weighted by Crippen LogP contribution is -2.34. The van der Waals surface area contributed by atoms with Gasteiger partial charge >= 0.3 is 11.9 Å². The van der Waals surface area contributed by atoms with Gasteiger partial charge in [-0.05, 0) is 33.7 Å². The minimum absolute atomic E-state index is 0.109. The third kappa shape index (κ3) is 4.73. The van der Waals surface area contributed by atoms with Crippen LogP contribution in [0.5, 0.6) is 0 Å². The average molecular weight is 243 g/mol. The van der Waals surface area contributed by atoms with Gasteiger partial charge in [-0.25, -0.2) is 0 Å². The Hall–Kier alpha value is -1.10. The van der Waals surface area contributed by atoms with Gasteiger partial charge in [-0.2, -0.15) is 0 Å². The van der Waals surface area contributed by atoms with Crippen LogP contribution in [0.1, 0.15) is 27.2 Å². The van der Waals surface area contributed by atoms with Gasteiger partial charge in [0.2, 0.25) is 0 Å². The van der Waals surface area contributed by atoms with Crippen molar-refractivity contribution in [3.8, 4) is 0 Å². The summed E-state index contributed by atoms with van der Waals surface area (Å²) < 4.78 is 9.91. The van der Waals surface area contributed by atoms with Crippen molar-refractivity contribution in [1.29, 1.82) is 0 Å². The average Bonchev–Trinajstić information content (AvgIpc) is 2.62. The van der Waals surface area contributed by atoms with Crippen molar-refractivity contribution in [2.24, 2.45) is 5.92 Å². The molecule has 0 unspecified atom stereocenters. The number of esters is 2. The normalized spacial score (nSPS) is 21.3. The molecule has 0 N–H and O–H groups in total. The third-order valence-corrected chi connectivity index (χ3v) is 2.58. The van der Waals surface area contributed by atoms with E-state index < -0.39 is 5.60 Å². The quantitative estimate of drug-likeness (QED) is 0.687. The maximum Gasteiger partial charge on any atom is 0.320 e. The van der Waals surface area contributed by atoms with E-state index in [9.17, 15) is 9.59 Å². The summed E-state index contributed by atoms with van der Waals surface area (Å²) in [6.45, 7) is 7.07. The first-order valence-electron chi connectivity index (χ1n) is 5.84. The van der Waals surface area contributed by atoms with Gasteiger partial charge in [-0.3, -0.25) is 14.5 Å². The molecule has 0 spiro atoms. The van der Waals surface area contributed by atoms with E-state index in [-0.39, 0.29) is 24.4 Å². The molecule has 1 heterocycles. The smallest absolute Gasteiger partial charge is 0.320 e. The topological polar surface area (TPSA) is 55.8 Å². The van der Waals surface area contributed by atoms with Gasteiger partial charge in [-0.15, -0.1) is 0 Å². The number of ether oxygens (including phenoxy) is 2. The van der Waals surface area contributed by atoms with Crippen LogP contribution in [0.25, 0.3) is 0 Å². The predicted octanol–water partition coefficient (Wildman–Crippen LogP) is 0.823. The molecule has 1 saturated heterocycles. The fourth-order valence-electron chi connectivity index (χ4n) is 1.89. The zero-order valence-corrected chi connectivity index (χ0v) is 11.0. The third-order valence-electron chi connectivity index (χ3n) is 2.58. The number of likely N-dealkylation sites (tertiary alicyclic amines) is 1. The number of carbonyl (C=O) groups excluding carboxylic acids is 2. The summed E-state index contributed by atoms with van der Waals surface area (Å²) in [6.07, 6.45) is 0.746. The second kappa shape index (κ2) is 5.49. The summed E-state index contributed by atoms with van der Waals surface area (Å²) in [5.41, 5.74) is -0.460. The number of rotatable bonds is 3. The van der Waals surface area contributed by atoms with Crippen molar-refractivity contribution in [1.82, 2.24) is 4.90 Å². The fourth-order valence-corrected chi connectivity index (χ4v) is 1.89. The fraction of sp³-hybridized carbons (Fsp3) is 0.833. The summed E-state index contributed by atoms with van der Waals surface area (Å²) in [5.74, 6) is -0.554. The minimum Gasteiger partial charge on any atom is -0.469 e. The highest BCUT2D eigenvalue weighted by atomic mass is 16.6. The van der Waals surface area contributed by atoms with E-state index >= 15 is 0 Å². The minimum atomic E-state index is -0.460. The molecular weight excluding hydrogens is 222 g/mol. The predicted molar refractivity (Wildman–Crippen MR) is 62.4 cm³/mol. The van der Waals surface area contributed by atoms with Gasteiger partial charge < -0.3 is 9.47 Å². The first kappa shape index (κ1) is 14.0. The first-order valence-corrected chi connectivity index (χ1v) is 5.84. The molecule has 0 aromatic carbocycles. The van der Waals surface area contributed by atoms with Gasteiger partial charge in [0.15, 0.2) is 0 Å². The molecule has 1 aliphatic rings. The highest BCUT2D eigenvalue weighted by Gasteiger charge is 2.30. The molecule has 0 aromatic heterocycles. The van der Waals surface area contributed by atoms with Crippen LogP contribution in [-0.2, 0) is 19.1 Å². The van der Waals surface area contributed by atoms with Gasteiger partial charge in [0, 0.05) is 6.54 Å². The van der Waals surface area contributed by atoms with Gasteiger partial charge in [0.1, 0.15) is 5.60 Å². The largest absolute Gasteiger partial charge is 0.469 e. The molecule has 0 bridgehead atoms. The van der Waals surface area contributed by atoms with Gasteiger partial charge in [-0.1, -0.05) is 0 Å². The monoisotopic (exact) mass is 243 g/mol. The molecule has 0 radical (unpaired) electrons. The Morgan fingerprint density at radius 3 is 2.53 bits per heavy atom. The van der Waals surface area contributed by atoms with Crippen molar-refractivity contribution in [2.75, 3.05) is 26.7 Å². The second-order valence-corrected chi connectivity index (χ2v) is 5.33. The van der Waals surface area contributed by atoms with E-state index in [0.717, 1.165) is 13.0 Å². The number of nitrogens with zero attached hydrogens (tertiary/aromatic N) is 1. The lowest BCUT2D eigenvalue weighted by Gasteiger charge is -2.22. The summed E-state index contributed by atoms with van der Waals surface area (Å²) in [5, 5.41) is 0. The zero-order valence-electron chi connectivity index (χ0n) is 11.0. The Morgan fingerprint density at radius 2 is 2.00 bits per heavy atom. The highest BCUT2D eigenvalue weighted by molar-refractivity contribution is 5.74. The SMILES string of the molecule is COC(=O)[C@H]1CCN(CC(=O)OC(C)(C)C)C1. The molecule has 98 valence electrons.